The van der Waals surface area contributed by atoms with E-state index in [2.05, 4.69) is 35.0 Å². The Balaban J connectivity index is 1.53. The first-order valence-corrected chi connectivity index (χ1v) is 10.8. The molecule has 3 rings (SSSR count). The fourth-order valence-corrected chi connectivity index (χ4v) is 4.54. The van der Waals surface area contributed by atoms with E-state index >= 15 is 0 Å². The molecule has 0 saturated carbocycles. The summed E-state index contributed by atoms with van der Waals surface area (Å²) in [7, 11) is 0. The number of hydrogen-bond acceptors (Lipinski definition) is 4. The Hall–Kier alpha value is -1.20. The van der Waals surface area contributed by atoms with Crippen LogP contribution in [-0.4, -0.2) is 24.9 Å². The Labute approximate surface area is 161 Å². The average molecular weight is 374 g/mol. The molecule has 2 atom stereocenters. The molecule has 0 radical (unpaired) electrons. The van der Waals surface area contributed by atoms with Crippen molar-refractivity contribution >= 4 is 11.3 Å². The molecule has 0 saturated heterocycles. The normalized spacial score (nSPS) is 17.8. The first-order valence-electron chi connectivity index (χ1n) is 9.81. The van der Waals surface area contributed by atoms with Crippen molar-refractivity contribution in [2.45, 2.75) is 51.0 Å². The highest BCUT2D eigenvalue weighted by Crippen LogP contribution is 2.30. The summed E-state index contributed by atoms with van der Waals surface area (Å²) < 4.78 is 5.94. The van der Waals surface area contributed by atoms with Crippen molar-refractivity contribution in [3.63, 3.8) is 0 Å². The van der Waals surface area contributed by atoms with E-state index in [0.717, 1.165) is 45.3 Å². The summed E-state index contributed by atoms with van der Waals surface area (Å²) in [6.07, 6.45) is 6.45. The fourth-order valence-electron chi connectivity index (χ4n) is 3.89. The molecule has 0 bridgehead atoms. The highest BCUT2D eigenvalue weighted by molar-refractivity contribution is 7.07. The first-order chi connectivity index (χ1) is 12.8. The van der Waals surface area contributed by atoms with Gasteiger partial charge in [0, 0.05) is 6.61 Å². The van der Waals surface area contributed by atoms with Crippen LogP contribution in [0.2, 0.25) is 0 Å². The second-order valence-corrected chi connectivity index (χ2v) is 8.22. The van der Waals surface area contributed by atoms with Gasteiger partial charge in [-0.2, -0.15) is 11.3 Å². The van der Waals surface area contributed by atoms with Gasteiger partial charge in [-0.25, -0.2) is 0 Å². The van der Waals surface area contributed by atoms with Gasteiger partial charge in [0.25, 0.3) is 0 Å². The second kappa shape index (κ2) is 10.2. The number of nitrogens with two attached hydrogens (primary N) is 1. The van der Waals surface area contributed by atoms with Crippen LogP contribution in [-0.2, 0) is 24.2 Å². The number of ether oxygens (including phenoxy) is 1. The highest BCUT2D eigenvalue weighted by Gasteiger charge is 2.20. The number of aliphatic hydroxyl groups excluding tert-OH is 1. The molecule has 1 heterocycles. The van der Waals surface area contributed by atoms with Crippen molar-refractivity contribution in [1.29, 1.82) is 0 Å². The molecule has 4 heteroatoms. The predicted molar refractivity (Wildman–Crippen MR) is 109 cm³/mol. The number of unbranched alkanes of at least 4 members (excludes halogenated alkanes) is 1. The van der Waals surface area contributed by atoms with Crippen LogP contribution in [0.4, 0.5) is 0 Å². The lowest BCUT2D eigenvalue weighted by Crippen LogP contribution is -2.20. The summed E-state index contributed by atoms with van der Waals surface area (Å²) in [6.45, 7) is 2.54. The van der Waals surface area contributed by atoms with Gasteiger partial charge in [0.05, 0.1) is 13.2 Å². The van der Waals surface area contributed by atoms with Crippen LogP contribution in [0.3, 0.4) is 0 Å². The third-order valence-corrected chi connectivity index (χ3v) is 6.21. The average Bonchev–Trinajstić information content (AvgIpc) is 3.18. The maximum atomic E-state index is 8.98. The molecule has 142 valence electrons. The lowest BCUT2D eigenvalue weighted by molar-refractivity contribution is 0.0825. The minimum atomic E-state index is 0.275. The molecule has 1 aromatic carbocycles. The van der Waals surface area contributed by atoms with Crippen molar-refractivity contribution in [2.24, 2.45) is 11.7 Å². The zero-order valence-electron chi connectivity index (χ0n) is 15.5. The van der Waals surface area contributed by atoms with E-state index in [1.165, 1.54) is 28.7 Å². The molecule has 26 heavy (non-hydrogen) atoms. The topological polar surface area (TPSA) is 55.5 Å². The molecule has 3 nitrogen and oxygen atoms in total. The molecule has 0 fully saturated rings. The Morgan fingerprint density at radius 1 is 1.23 bits per heavy atom. The molecule has 3 N–H and O–H groups in total. The smallest absolute Gasteiger partial charge is 0.0725 e. The standard InChI is InChI=1S/C22H31NO2S/c23-13-22(3-1-2-9-24)21-7-6-19-11-17(4-5-20(19)12-21)14-25-15-18-8-10-26-16-18/h6-8,10,12,16-17,22,24H,1-5,9,11,13-15,23H2/t17-,22+/m1/s1. The summed E-state index contributed by atoms with van der Waals surface area (Å²) >= 11 is 1.73. The minimum absolute atomic E-state index is 0.275. The highest BCUT2D eigenvalue weighted by atomic mass is 32.1. The number of aryl methyl sites for hydroxylation is 1. The minimum Gasteiger partial charge on any atom is -0.396 e. The van der Waals surface area contributed by atoms with E-state index in [9.17, 15) is 0 Å². The molecular formula is C22H31NO2S. The van der Waals surface area contributed by atoms with Crippen LogP contribution < -0.4 is 5.73 Å². The van der Waals surface area contributed by atoms with Crippen molar-refractivity contribution in [1.82, 2.24) is 0 Å². The summed E-state index contributed by atoms with van der Waals surface area (Å²) in [5.41, 5.74) is 11.6. The summed E-state index contributed by atoms with van der Waals surface area (Å²) in [4.78, 5) is 0. The number of rotatable bonds is 10. The second-order valence-electron chi connectivity index (χ2n) is 7.44. The Bertz CT molecular complexity index is 656. The molecular weight excluding hydrogens is 342 g/mol. The van der Waals surface area contributed by atoms with Crippen molar-refractivity contribution < 1.29 is 9.84 Å². The lowest BCUT2D eigenvalue weighted by atomic mass is 9.81. The van der Waals surface area contributed by atoms with Gasteiger partial charge in [-0.3, -0.25) is 0 Å². The Morgan fingerprint density at radius 2 is 2.15 bits per heavy atom. The van der Waals surface area contributed by atoms with Crippen LogP contribution in [0.1, 0.15) is 53.9 Å². The van der Waals surface area contributed by atoms with Gasteiger partial charge >= 0.3 is 0 Å². The molecule has 1 aliphatic rings. The van der Waals surface area contributed by atoms with Gasteiger partial charge in [-0.1, -0.05) is 24.6 Å². The van der Waals surface area contributed by atoms with Crippen molar-refractivity contribution in [2.75, 3.05) is 19.8 Å². The van der Waals surface area contributed by atoms with Crippen LogP contribution >= 0.6 is 11.3 Å². The van der Waals surface area contributed by atoms with Gasteiger partial charge in [-0.15, -0.1) is 0 Å². The summed E-state index contributed by atoms with van der Waals surface area (Å²) in [5.74, 6) is 1.04. The van der Waals surface area contributed by atoms with Gasteiger partial charge in [0.2, 0.25) is 0 Å². The van der Waals surface area contributed by atoms with Gasteiger partial charge < -0.3 is 15.6 Å². The van der Waals surface area contributed by atoms with Gasteiger partial charge in [-0.05, 0) is 89.6 Å². The fraction of sp³-hybridized carbons (Fsp3) is 0.545. The van der Waals surface area contributed by atoms with Crippen molar-refractivity contribution in [3.8, 4) is 0 Å². The van der Waals surface area contributed by atoms with Gasteiger partial charge in [0.15, 0.2) is 0 Å². The molecule has 1 aliphatic carbocycles. The SMILES string of the molecule is NC[C@H](CCCCO)c1ccc2c(c1)CC[C@@H](COCc1ccsc1)C2. The summed E-state index contributed by atoms with van der Waals surface area (Å²) in [6, 6.07) is 9.10. The lowest BCUT2D eigenvalue weighted by Gasteiger charge is -2.26. The molecule has 0 spiro atoms. The quantitative estimate of drug-likeness (QED) is 0.611. The number of aliphatic hydroxyl groups is 1. The number of benzene rings is 1. The van der Waals surface area contributed by atoms with Crippen LogP contribution in [0, 0.1) is 5.92 Å². The van der Waals surface area contributed by atoms with E-state index in [-0.39, 0.29) is 6.61 Å². The van der Waals surface area contributed by atoms with Crippen LogP contribution in [0.15, 0.2) is 35.0 Å². The monoisotopic (exact) mass is 373 g/mol. The van der Waals surface area contributed by atoms with E-state index in [4.69, 9.17) is 15.6 Å². The Morgan fingerprint density at radius 3 is 2.92 bits per heavy atom. The molecule has 2 aromatic rings. The first kappa shape index (κ1) is 19.6. The third-order valence-electron chi connectivity index (χ3n) is 5.48. The molecule has 0 unspecified atom stereocenters. The zero-order valence-corrected chi connectivity index (χ0v) is 16.3. The number of fused-ring (bicyclic) bond motifs is 1. The van der Waals surface area contributed by atoms with Gasteiger partial charge in [0.1, 0.15) is 0 Å². The zero-order chi connectivity index (χ0) is 18.2. The van der Waals surface area contributed by atoms with E-state index in [0.29, 0.717) is 18.4 Å². The van der Waals surface area contributed by atoms with Crippen LogP contribution in [0.25, 0.3) is 0 Å². The predicted octanol–water partition coefficient (Wildman–Crippen LogP) is 4.27. The largest absolute Gasteiger partial charge is 0.396 e. The van der Waals surface area contributed by atoms with E-state index < -0.39 is 0 Å². The molecule has 0 amide bonds. The van der Waals surface area contributed by atoms with Crippen LogP contribution in [0.5, 0.6) is 0 Å². The summed E-state index contributed by atoms with van der Waals surface area (Å²) in [5, 5.41) is 13.2. The maximum absolute atomic E-state index is 8.98. The molecule has 1 aromatic heterocycles. The van der Waals surface area contributed by atoms with E-state index in [1.54, 1.807) is 11.3 Å². The maximum Gasteiger partial charge on any atom is 0.0725 e. The van der Waals surface area contributed by atoms with Crippen molar-refractivity contribution in [3.05, 3.63) is 57.3 Å². The number of thiophene rings is 1. The third kappa shape index (κ3) is 5.40. The Kier molecular flexibility index (Phi) is 7.69. The number of hydrogen-bond donors (Lipinski definition) is 2. The molecule has 0 aliphatic heterocycles. The van der Waals surface area contributed by atoms with E-state index in [1.807, 2.05) is 0 Å².